The van der Waals surface area contributed by atoms with Crippen LogP contribution in [0.3, 0.4) is 0 Å². The van der Waals surface area contributed by atoms with Crippen molar-refractivity contribution in [1.82, 2.24) is 0 Å². The zero-order valence-corrected chi connectivity index (χ0v) is 9.07. The second-order valence-corrected chi connectivity index (χ2v) is 3.17. The molecule has 0 atom stereocenters. The molecule has 88 valence electrons. The van der Waals surface area contributed by atoms with Gasteiger partial charge in [0.1, 0.15) is 0 Å². The average Bonchev–Trinajstić information content (AvgIpc) is 2.01. The lowest BCUT2D eigenvalue weighted by atomic mass is 10.1. The number of hydrogen-bond donors (Lipinski definition) is 1. The normalized spacial score (nSPS) is 11.1. The van der Waals surface area contributed by atoms with Crippen LogP contribution in [0.4, 0.5) is 17.3 Å². The summed E-state index contributed by atoms with van der Waals surface area (Å²) in [6.07, 6.45) is 5.42. The van der Waals surface area contributed by atoms with E-state index in [-0.39, 0.29) is 0 Å². The van der Waals surface area contributed by atoms with Crippen molar-refractivity contribution >= 4 is 7.25 Å². The Labute approximate surface area is 83.4 Å². The maximum atomic E-state index is 9.75. The second kappa shape index (κ2) is 9.31. The van der Waals surface area contributed by atoms with Crippen LogP contribution in [0, 0.1) is 0 Å². The van der Waals surface area contributed by atoms with Gasteiger partial charge in [-0.1, -0.05) is 26.7 Å². The fraction of sp³-hybridized carbons (Fsp3) is 1.00. The van der Waals surface area contributed by atoms with E-state index < -0.39 is 7.25 Å². The first-order valence-corrected chi connectivity index (χ1v) is 5.01. The Balaban J connectivity index is 0. The Morgan fingerprint density at radius 2 is 1.29 bits per heavy atom. The standard InChI is InChI=1S/C8H19N.BF4/c1-4-6-8(9-3)7-5-2;2-1(3,4)5/h8-9H,4-7H2,1-3H3;/q;-1/p+1. The molecular weight excluding hydrogens is 197 g/mol. The fourth-order valence-electron chi connectivity index (χ4n) is 1.22. The third-order valence-corrected chi connectivity index (χ3v) is 1.79. The molecule has 0 amide bonds. The molecule has 0 aliphatic rings. The monoisotopic (exact) mass is 217 g/mol. The summed E-state index contributed by atoms with van der Waals surface area (Å²) in [6.45, 7) is 4.51. The Hall–Kier alpha value is -0.255. The minimum Gasteiger partial charge on any atom is -0.418 e. The molecule has 0 saturated heterocycles. The molecule has 0 rings (SSSR count). The highest BCUT2D eigenvalue weighted by Crippen LogP contribution is 2.06. The van der Waals surface area contributed by atoms with Gasteiger partial charge in [0.2, 0.25) is 0 Å². The summed E-state index contributed by atoms with van der Waals surface area (Å²) < 4.78 is 39.0. The first-order valence-electron chi connectivity index (χ1n) is 5.01. The summed E-state index contributed by atoms with van der Waals surface area (Å²) >= 11 is 0. The van der Waals surface area contributed by atoms with E-state index in [0.29, 0.717) is 0 Å². The van der Waals surface area contributed by atoms with Gasteiger partial charge in [-0.2, -0.15) is 0 Å². The van der Waals surface area contributed by atoms with Crippen molar-refractivity contribution in [2.24, 2.45) is 0 Å². The second-order valence-electron chi connectivity index (χ2n) is 3.17. The third kappa shape index (κ3) is 22.6. The van der Waals surface area contributed by atoms with Crippen LogP contribution < -0.4 is 5.32 Å². The molecule has 0 aliphatic heterocycles. The van der Waals surface area contributed by atoms with E-state index in [4.69, 9.17) is 0 Å². The molecule has 0 aromatic carbocycles. The highest BCUT2D eigenvalue weighted by Gasteiger charge is 2.20. The fourth-order valence-corrected chi connectivity index (χ4v) is 1.22. The Bertz CT molecular complexity index is 106. The van der Waals surface area contributed by atoms with E-state index in [1.807, 2.05) is 0 Å². The van der Waals surface area contributed by atoms with E-state index in [1.165, 1.54) is 25.7 Å². The Morgan fingerprint density at radius 3 is 1.43 bits per heavy atom. The predicted molar refractivity (Wildman–Crippen MR) is 51.6 cm³/mol. The number of hydrogen-bond acceptors (Lipinski definition) is 0. The largest absolute Gasteiger partial charge is 0.673 e. The van der Waals surface area contributed by atoms with Gasteiger partial charge in [-0.3, -0.25) is 0 Å². The minimum absolute atomic E-state index is 0.889. The SMILES string of the molecule is CCCC(CCC)[NH2+]C.F[B-](F)(F)F. The van der Waals surface area contributed by atoms with Crippen LogP contribution in [0.1, 0.15) is 39.5 Å². The molecule has 0 spiro atoms. The lowest BCUT2D eigenvalue weighted by molar-refractivity contribution is -0.664. The van der Waals surface area contributed by atoms with Crippen molar-refractivity contribution in [2.45, 2.75) is 45.6 Å². The van der Waals surface area contributed by atoms with Crippen molar-refractivity contribution in [1.29, 1.82) is 0 Å². The maximum absolute atomic E-state index is 9.75. The zero-order chi connectivity index (χ0) is 11.6. The highest BCUT2D eigenvalue weighted by atomic mass is 19.5. The van der Waals surface area contributed by atoms with Gasteiger partial charge in [-0.05, 0) is 12.8 Å². The lowest BCUT2D eigenvalue weighted by Gasteiger charge is -2.09. The molecule has 0 fully saturated rings. The van der Waals surface area contributed by atoms with E-state index >= 15 is 0 Å². The number of quaternary nitrogens is 1. The number of nitrogens with two attached hydrogens (primary N) is 1. The Morgan fingerprint density at radius 1 is 1.00 bits per heavy atom. The summed E-state index contributed by atoms with van der Waals surface area (Å²) in [5.41, 5.74) is 0. The molecule has 2 N–H and O–H groups in total. The van der Waals surface area contributed by atoms with Crippen LogP contribution in [0.25, 0.3) is 0 Å². The van der Waals surface area contributed by atoms with Gasteiger partial charge in [-0.15, -0.1) is 0 Å². The minimum atomic E-state index is -6.00. The Kier molecular flexibility index (Phi) is 10.8. The quantitative estimate of drug-likeness (QED) is 0.538. The number of rotatable bonds is 5. The van der Waals surface area contributed by atoms with Gasteiger partial charge in [-0.25, -0.2) is 0 Å². The molecule has 0 heterocycles. The van der Waals surface area contributed by atoms with Gasteiger partial charge in [0, 0.05) is 0 Å². The van der Waals surface area contributed by atoms with Crippen LogP contribution in [-0.4, -0.2) is 20.3 Å². The molecule has 6 heteroatoms. The average molecular weight is 217 g/mol. The molecule has 0 saturated carbocycles. The molecule has 0 aromatic rings. The van der Waals surface area contributed by atoms with Crippen LogP contribution in [-0.2, 0) is 0 Å². The van der Waals surface area contributed by atoms with Gasteiger partial charge in [0.15, 0.2) is 0 Å². The van der Waals surface area contributed by atoms with Crippen LogP contribution in [0.15, 0.2) is 0 Å². The van der Waals surface area contributed by atoms with Crippen LogP contribution >= 0.6 is 0 Å². The highest BCUT2D eigenvalue weighted by molar-refractivity contribution is 6.50. The molecule has 0 aliphatic carbocycles. The van der Waals surface area contributed by atoms with Gasteiger partial charge >= 0.3 is 7.25 Å². The van der Waals surface area contributed by atoms with Crippen molar-refractivity contribution in [3.05, 3.63) is 0 Å². The van der Waals surface area contributed by atoms with Gasteiger partial charge in [0.05, 0.1) is 13.1 Å². The summed E-state index contributed by atoms with van der Waals surface area (Å²) in [5.74, 6) is 0. The van der Waals surface area contributed by atoms with Gasteiger partial charge in [0.25, 0.3) is 0 Å². The van der Waals surface area contributed by atoms with E-state index in [1.54, 1.807) is 0 Å². The van der Waals surface area contributed by atoms with Crippen molar-refractivity contribution < 1.29 is 22.6 Å². The van der Waals surface area contributed by atoms with Crippen LogP contribution in [0.5, 0.6) is 0 Å². The summed E-state index contributed by atoms with van der Waals surface area (Å²) in [5, 5.41) is 2.34. The lowest BCUT2D eigenvalue weighted by Crippen LogP contribution is -2.86. The molecule has 0 unspecified atom stereocenters. The molecule has 0 radical (unpaired) electrons. The first-order chi connectivity index (χ1) is 6.35. The topological polar surface area (TPSA) is 16.6 Å². The summed E-state index contributed by atoms with van der Waals surface area (Å²) in [7, 11) is -3.82. The van der Waals surface area contributed by atoms with E-state index in [2.05, 4.69) is 26.2 Å². The zero-order valence-electron chi connectivity index (χ0n) is 9.07. The molecule has 0 aromatic heterocycles. The van der Waals surface area contributed by atoms with Crippen molar-refractivity contribution in [3.63, 3.8) is 0 Å². The molecule has 0 bridgehead atoms. The molecule has 1 nitrogen and oxygen atoms in total. The van der Waals surface area contributed by atoms with Gasteiger partial charge < -0.3 is 22.6 Å². The number of halogens is 4. The molecular formula is C8H20BF4N. The van der Waals surface area contributed by atoms with Crippen molar-refractivity contribution in [2.75, 3.05) is 7.05 Å². The van der Waals surface area contributed by atoms with E-state index in [0.717, 1.165) is 6.04 Å². The maximum Gasteiger partial charge on any atom is 0.673 e. The van der Waals surface area contributed by atoms with E-state index in [9.17, 15) is 17.3 Å². The third-order valence-electron chi connectivity index (χ3n) is 1.79. The summed E-state index contributed by atoms with van der Waals surface area (Å²) in [6, 6.07) is 0.889. The molecule has 14 heavy (non-hydrogen) atoms. The van der Waals surface area contributed by atoms with Crippen LogP contribution in [0.2, 0.25) is 0 Å². The van der Waals surface area contributed by atoms with Crippen molar-refractivity contribution in [3.8, 4) is 0 Å². The summed E-state index contributed by atoms with van der Waals surface area (Å²) in [4.78, 5) is 0. The smallest absolute Gasteiger partial charge is 0.418 e. The first kappa shape index (κ1) is 16.2. The predicted octanol–water partition coefficient (Wildman–Crippen LogP) is 2.45.